The molecular weight excluding hydrogens is 352 g/mol. The highest BCUT2D eigenvalue weighted by molar-refractivity contribution is 7.99. The number of hydrogen-bond donors (Lipinski definition) is 2. The second kappa shape index (κ2) is 7.82. The van der Waals surface area contributed by atoms with Gasteiger partial charge in [-0.15, -0.1) is 0 Å². The van der Waals surface area contributed by atoms with Gasteiger partial charge in [-0.3, -0.25) is 14.2 Å². The molecule has 2 N–H and O–H groups in total. The molecule has 0 aliphatic carbocycles. The molecule has 138 valence electrons. The zero-order chi connectivity index (χ0) is 18.7. The van der Waals surface area contributed by atoms with E-state index >= 15 is 0 Å². The van der Waals surface area contributed by atoms with Crippen LogP contribution in [0.5, 0.6) is 0 Å². The minimum absolute atomic E-state index is 0.00307. The third-order valence-electron chi connectivity index (χ3n) is 4.19. The van der Waals surface area contributed by atoms with Crippen molar-refractivity contribution < 1.29 is 9.21 Å². The molecule has 3 aromatic heterocycles. The molecule has 1 amide bonds. The number of H-pyrrole nitrogens is 1. The van der Waals surface area contributed by atoms with E-state index in [0.29, 0.717) is 28.5 Å². The Morgan fingerprint density at radius 3 is 3.00 bits per heavy atom. The number of rotatable bonds is 7. The first-order chi connectivity index (χ1) is 12.5. The fraction of sp³-hybridized carbons (Fsp3) is 0.389. The second-order valence-electron chi connectivity index (χ2n) is 6.18. The van der Waals surface area contributed by atoms with Crippen LogP contribution in [-0.4, -0.2) is 26.2 Å². The number of aromatic amines is 1. The number of hydrogen-bond acceptors (Lipinski definition) is 5. The molecule has 8 heteroatoms. The van der Waals surface area contributed by atoms with Crippen LogP contribution in [0.25, 0.3) is 11.0 Å². The van der Waals surface area contributed by atoms with E-state index in [1.54, 1.807) is 23.0 Å². The molecule has 3 heterocycles. The maximum atomic E-state index is 12.9. The van der Waals surface area contributed by atoms with E-state index in [9.17, 15) is 9.59 Å². The molecule has 0 bridgehead atoms. The van der Waals surface area contributed by atoms with Crippen molar-refractivity contribution in [2.75, 3.05) is 5.75 Å². The zero-order valence-electron chi connectivity index (χ0n) is 15.0. The lowest BCUT2D eigenvalue weighted by atomic mass is 10.2. The number of furan rings is 1. The fourth-order valence-electron chi connectivity index (χ4n) is 2.64. The van der Waals surface area contributed by atoms with Gasteiger partial charge < -0.3 is 14.7 Å². The Morgan fingerprint density at radius 2 is 2.31 bits per heavy atom. The van der Waals surface area contributed by atoms with Gasteiger partial charge in [-0.05, 0) is 38.5 Å². The normalized spacial score (nSPS) is 12.4. The molecule has 0 fully saturated rings. The smallest absolute Gasteiger partial charge is 0.278 e. The van der Waals surface area contributed by atoms with Crippen molar-refractivity contribution in [2.24, 2.45) is 0 Å². The Bertz CT molecular complexity index is 959. The van der Waals surface area contributed by atoms with Gasteiger partial charge in [-0.25, -0.2) is 4.98 Å². The summed E-state index contributed by atoms with van der Waals surface area (Å²) in [6.45, 7) is 6.23. The molecule has 3 rings (SSSR count). The fourth-order valence-corrected chi connectivity index (χ4v) is 3.57. The summed E-state index contributed by atoms with van der Waals surface area (Å²) in [5, 5.41) is 3.36. The average Bonchev–Trinajstić information content (AvgIpc) is 3.26. The van der Waals surface area contributed by atoms with Gasteiger partial charge in [0.2, 0.25) is 5.91 Å². The summed E-state index contributed by atoms with van der Waals surface area (Å²) in [6, 6.07) is 5.42. The highest BCUT2D eigenvalue weighted by Gasteiger charge is 2.18. The predicted molar refractivity (Wildman–Crippen MR) is 101 cm³/mol. The summed E-state index contributed by atoms with van der Waals surface area (Å²) in [5.41, 5.74) is 1.93. The standard InChI is InChI=1S/C18H22N4O3S/c1-4-12(3)22-17(24)16-14(8-11(2)20-16)21-18(22)26-10-15(23)19-9-13-6-5-7-25-13/h5-8,12,20H,4,9-10H2,1-3H3,(H,19,23). The van der Waals surface area contributed by atoms with E-state index in [0.717, 1.165) is 12.1 Å². The molecule has 0 radical (unpaired) electrons. The molecule has 0 saturated carbocycles. The Kier molecular flexibility index (Phi) is 5.51. The SMILES string of the molecule is CCC(C)n1c(SCC(=O)NCc2ccco2)nc2cc(C)[nH]c2c1=O. The monoisotopic (exact) mass is 374 g/mol. The van der Waals surface area contributed by atoms with Crippen molar-refractivity contribution in [3.8, 4) is 0 Å². The van der Waals surface area contributed by atoms with Crippen molar-refractivity contribution >= 4 is 28.7 Å². The van der Waals surface area contributed by atoms with Crippen molar-refractivity contribution in [3.63, 3.8) is 0 Å². The number of fused-ring (bicyclic) bond motifs is 1. The Balaban J connectivity index is 1.79. The number of aromatic nitrogens is 3. The summed E-state index contributed by atoms with van der Waals surface area (Å²) >= 11 is 1.27. The van der Waals surface area contributed by atoms with E-state index in [1.807, 2.05) is 26.8 Å². The molecule has 0 aromatic carbocycles. The van der Waals surface area contributed by atoms with Gasteiger partial charge in [0.1, 0.15) is 11.3 Å². The molecular formula is C18H22N4O3S. The number of carbonyl (C=O) groups is 1. The molecule has 1 unspecified atom stereocenters. The quantitative estimate of drug-likeness (QED) is 0.490. The van der Waals surface area contributed by atoms with E-state index in [1.165, 1.54) is 11.8 Å². The third-order valence-corrected chi connectivity index (χ3v) is 5.14. The number of amides is 1. The van der Waals surface area contributed by atoms with E-state index in [-0.39, 0.29) is 23.3 Å². The molecule has 0 saturated heterocycles. The van der Waals surface area contributed by atoms with Gasteiger partial charge >= 0.3 is 0 Å². The van der Waals surface area contributed by atoms with E-state index in [2.05, 4.69) is 15.3 Å². The Hall–Kier alpha value is -2.48. The van der Waals surface area contributed by atoms with Crippen molar-refractivity contribution in [3.05, 3.63) is 46.3 Å². The number of nitrogens with one attached hydrogen (secondary N) is 2. The maximum absolute atomic E-state index is 12.9. The zero-order valence-corrected chi connectivity index (χ0v) is 15.9. The van der Waals surface area contributed by atoms with Crippen LogP contribution in [0.15, 0.2) is 38.8 Å². The van der Waals surface area contributed by atoms with Crippen molar-refractivity contribution in [1.82, 2.24) is 19.9 Å². The van der Waals surface area contributed by atoms with Crippen LogP contribution in [0.1, 0.15) is 37.8 Å². The third kappa shape index (κ3) is 3.85. The van der Waals surface area contributed by atoms with Gasteiger partial charge in [0, 0.05) is 11.7 Å². The van der Waals surface area contributed by atoms with Crippen LogP contribution in [0.2, 0.25) is 0 Å². The lowest BCUT2D eigenvalue weighted by Gasteiger charge is -2.17. The number of nitrogens with zero attached hydrogens (tertiary/aromatic N) is 2. The molecule has 3 aromatic rings. The van der Waals surface area contributed by atoms with Gasteiger partial charge in [0.25, 0.3) is 5.56 Å². The van der Waals surface area contributed by atoms with Crippen molar-refractivity contribution in [1.29, 1.82) is 0 Å². The minimum atomic E-state index is -0.137. The van der Waals surface area contributed by atoms with Gasteiger partial charge in [-0.2, -0.15) is 0 Å². The number of carbonyl (C=O) groups excluding carboxylic acids is 1. The second-order valence-corrected chi connectivity index (χ2v) is 7.13. The molecule has 26 heavy (non-hydrogen) atoms. The van der Waals surface area contributed by atoms with E-state index < -0.39 is 0 Å². The van der Waals surface area contributed by atoms with Crippen LogP contribution in [-0.2, 0) is 11.3 Å². The van der Waals surface area contributed by atoms with Crippen molar-refractivity contribution in [2.45, 2.75) is 44.9 Å². The summed E-state index contributed by atoms with van der Waals surface area (Å²) in [7, 11) is 0. The maximum Gasteiger partial charge on any atom is 0.278 e. The van der Waals surface area contributed by atoms with E-state index in [4.69, 9.17) is 4.42 Å². The van der Waals surface area contributed by atoms with Crippen LogP contribution in [0.4, 0.5) is 0 Å². The highest BCUT2D eigenvalue weighted by atomic mass is 32.2. The van der Waals surface area contributed by atoms with Gasteiger partial charge in [0.15, 0.2) is 5.16 Å². The molecule has 0 aliphatic rings. The molecule has 7 nitrogen and oxygen atoms in total. The number of thioether (sulfide) groups is 1. The lowest BCUT2D eigenvalue weighted by molar-refractivity contribution is -0.118. The Labute approximate surface area is 155 Å². The van der Waals surface area contributed by atoms with Gasteiger partial charge in [-0.1, -0.05) is 18.7 Å². The topological polar surface area (TPSA) is 92.9 Å². The summed E-state index contributed by atoms with van der Waals surface area (Å²) in [4.78, 5) is 32.7. The van der Waals surface area contributed by atoms with Crippen LogP contribution >= 0.6 is 11.8 Å². The van der Waals surface area contributed by atoms with Crippen LogP contribution in [0.3, 0.4) is 0 Å². The summed E-state index contributed by atoms with van der Waals surface area (Å²) in [5.74, 6) is 0.738. The average molecular weight is 374 g/mol. The van der Waals surface area contributed by atoms with Crippen LogP contribution in [0, 0.1) is 6.92 Å². The first-order valence-electron chi connectivity index (χ1n) is 8.53. The summed E-state index contributed by atoms with van der Waals surface area (Å²) in [6.07, 6.45) is 2.37. The largest absolute Gasteiger partial charge is 0.467 e. The first-order valence-corrected chi connectivity index (χ1v) is 9.52. The molecule has 0 aliphatic heterocycles. The lowest BCUT2D eigenvalue weighted by Crippen LogP contribution is -2.28. The highest BCUT2D eigenvalue weighted by Crippen LogP contribution is 2.22. The first kappa shape index (κ1) is 18.3. The summed E-state index contributed by atoms with van der Waals surface area (Å²) < 4.78 is 6.86. The molecule has 0 spiro atoms. The van der Waals surface area contributed by atoms with Gasteiger partial charge in [0.05, 0.1) is 24.1 Å². The van der Waals surface area contributed by atoms with Crippen LogP contribution < -0.4 is 10.9 Å². The number of aryl methyl sites for hydroxylation is 1. The Morgan fingerprint density at radius 1 is 1.50 bits per heavy atom. The molecule has 1 atom stereocenters. The predicted octanol–water partition coefficient (Wildman–Crippen LogP) is 3.01. The minimum Gasteiger partial charge on any atom is -0.467 e.